The summed E-state index contributed by atoms with van der Waals surface area (Å²) in [5.74, 6) is -4.46. The maximum Gasteiger partial charge on any atom is 0.347 e. The predicted octanol–water partition coefficient (Wildman–Crippen LogP) is 3.94. The van der Waals surface area contributed by atoms with Crippen LogP contribution in [0.1, 0.15) is 47.8 Å². The third-order valence-electron chi connectivity index (χ3n) is 5.43. The Morgan fingerprint density at radius 3 is 2.53 bits per heavy atom. The van der Waals surface area contributed by atoms with Crippen LogP contribution < -0.4 is 19.6 Å². The lowest BCUT2D eigenvalue weighted by atomic mass is 10.0. The largest absolute Gasteiger partial charge is 0.507 e. The first-order valence-electron chi connectivity index (χ1n) is 10.4. The van der Waals surface area contributed by atoms with Crippen molar-refractivity contribution in [3.63, 3.8) is 0 Å². The average molecular weight is 494 g/mol. The number of phenolic OH excluding ortho intramolecular Hbond substituents is 1. The Labute approximate surface area is 203 Å². The lowest BCUT2D eigenvalue weighted by molar-refractivity contribution is 0.0685. The third-order valence-corrected chi connectivity index (χ3v) is 5.43. The second-order valence-electron chi connectivity index (χ2n) is 7.75. The van der Waals surface area contributed by atoms with E-state index >= 15 is 0 Å². The number of hydrogen-bond acceptors (Lipinski definition) is 8. The third kappa shape index (κ3) is 4.29. The predicted molar refractivity (Wildman–Crippen MR) is 124 cm³/mol. The van der Waals surface area contributed by atoms with Crippen LogP contribution >= 0.6 is 0 Å². The minimum atomic E-state index is -1.38. The van der Waals surface area contributed by atoms with Gasteiger partial charge in [0, 0.05) is 11.1 Å². The molecule has 184 valence electrons. The van der Waals surface area contributed by atoms with Crippen molar-refractivity contribution in [2.24, 2.45) is 5.10 Å². The van der Waals surface area contributed by atoms with Crippen LogP contribution in [0.25, 0.3) is 0 Å². The molecule has 0 saturated carbocycles. The van der Waals surface area contributed by atoms with E-state index in [1.165, 1.54) is 44.4 Å². The first kappa shape index (κ1) is 24.2. The molecule has 0 atom stereocenters. The summed E-state index contributed by atoms with van der Waals surface area (Å²) in [7, 11) is 1.34. The molecule has 0 aromatic heterocycles. The minimum absolute atomic E-state index is 0.00313. The van der Waals surface area contributed by atoms with Crippen molar-refractivity contribution in [3.8, 4) is 28.7 Å². The van der Waals surface area contributed by atoms with E-state index in [-0.39, 0.29) is 56.6 Å². The zero-order valence-corrected chi connectivity index (χ0v) is 19.2. The van der Waals surface area contributed by atoms with Crippen molar-refractivity contribution in [1.29, 1.82) is 0 Å². The Bertz CT molecular complexity index is 1470. The zero-order valence-electron chi connectivity index (χ0n) is 19.2. The molecule has 36 heavy (non-hydrogen) atoms. The summed E-state index contributed by atoms with van der Waals surface area (Å²) in [6, 6.07) is 7.41. The first-order valence-corrected chi connectivity index (χ1v) is 10.4. The fourth-order valence-electron chi connectivity index (χ4n) is 3.67. The Morgan fingerprint density at radius 1 is 1.11 bits per heavy atom. The van der Waals surface area contributed by atoms with Crippen LogP contribution in [0.5, 0.6) is 28.7 Å². The van der Waals surface area contributed by atoms with Crippen LogP contribution in [0.4, 0.5) is 4.39 Å². The van der Waals surface area contributed by atoms with Gasteiger partial charge in [-0.25, -0.2) is 19.4 Å². The SMILES string of the molecule is COc1cc(C(=O)O)c2c(c1C)OC(=O)c1c(C)cc(O)c(C=NNC(=O)c3cccc(F)c3)c1O2. The molecule has 11 heteroatoms. The van der Waals surface area contributed by atoms with E-state index in [1.807, 2.05) is 0 Å². The number of fused-ring (bicyclic) bond motifs is 2. The van der Waals surface area contributed by atoms with E-state index in [0.717, 1.165) is 12.3 Å². The number of phenols is 1. The number of carboxylic acids is 1. The number of hydrogen-bond donors (Lipinski definition) is 3. The van der Waals surface area contributed by atoms with Crippen molar-refractivity contribution in [2.75, 3.05) is 7.11 Å². The summed E-state index contributed by atoms with van der Waals surface area (Å²) in [5, 5.41) is 24.1. The van der Waals surface area contributed by atoms with E-state index in [9.17, 15) is 29.0 Å². The van der Waals surface area contributed by atoms with Crippen LogP contribution in [0.3, 0.4) is 0 Å². The van der Waals surface area contributed by atoms with Crippen LogP contribution in [-0.4, -0.2) is 41.4 Å². The fraction of sp³-hybridized carbons (Fsp3) is 0.120. The van der Waals surface area contributed by atoms with Gasteiger partial charge in [0.25, 0.3) is 5.91 Å². The van der Waals surface area contributed by atoms with E-state index in [4.69, 9.17) is 14.2 Å². The van der Waals surface area contributed by atoms with Crippen LogP contribution in [0.2, 0.25) is 0 Å². The van der Waals surface area contributed by atoms with Gasteiger partial charge in [-0.3, -0.25) is 4.79 Å². The lowest BCUT2D eigenvalue weighted by Gasteiger charge is -2.16. The van der Waals surface area contributed by atoms with Gasteiger partial charge in [0.05, 0.1) is 18.9 Å². The number of esters is 1. The number of carbonyl (C=O) groups excluding carboxylic acids is 2. The number of nitrogens with zero attached hydrogens (tertiary/aromatic N) is 1. The molecule has 1 aliphatic heterocycles. The van der Waals surface area contributed by atoms with E-state index in [2.05, 4.69) is 10.5 Å². The summed E-state index contributed by atoms with van der Waals surface area (Å²) < 4.78 is 30.0. The summed E-state index contributed by atoms with van der Waals surface area (Å²) in [5.41, 5.74) is 2.22. The molecule has 0 spiro atoms. The van der Waals surface area contributed by atoms with Gasteiger partial charge in [-0.05, 0) is 49.7 Å². The quantitative estimate of drug-likeness (QED) is 0.209. The number of methoxy groups -OCH3 is 1. The number of aromatic carboxylic acids is 1. The van der Waals surface area contributed by atoms with E-state index < -0.39 is 23.7 Å². The molecule has 3 aromatic carbocycles. The van der Waals surface area contributed by atoms with Gasteiger partial charge in [-0.1, -0.05) is 6.07 Å². The smallest absolute Gasteiger partial charge is 0.347 e. The van der Waals surface area contributed by atoms with E-state index in [1.54, 1.807) is 6.92 Å². The first-order chi connectivity index (χ1) is 17.1. The van der Waals surface area contributed by atoms with Crippen molar-refractivity contribution in [1.82, 2.24) is 5.43 Å². The topological polar surface area (TPSA) is 144 Å². The fourth-order valence-corrected chi connectivity index (χ4v) is 3.67. The van der Waals surface area contributed by atoms with Gasteiger partial charge in [0.15, 0.2) is 17.2 Å². The summed E-state index contributed by atoms with van der Waals surface area (Å²) in [4.78, 5) is 37.3. The number of carboxylic acid groups (broad SMARTS) is 1. The molecular weight excluding hydrogens is 475 g/mol. The molecule has 1 amide bonds. The molecule has 4 rings (SSSR count). The summed E-state index contributed by atoms with van der Waals surface area (Å²) in [6.45, 7) is 3.09. The molecule has 1 heterocycles. The van der Waals surface area contributed by atoms with Crippen molar-refractivity contribution < 1.29 is 43.2 Å². The number of aryl methyl sites for hydroxylation is 1. The number of hydrazone groups is 1. The molecule has 3 aromatic rings. The lowest BCUT2D eigenvalue weighted by Crippen LogP contribution is -2.18. The highest BCUT2D eigenvalue weighted by Gasteiger charge is 2.33. The number of nitrogens with one attached hydrogen (secondary N) is 1. The Balaban J connectivity index is 1.81. The Morgan fingerprint density at radius 2 is 1.86 bits per heavy atom. The van der Waals surface area contributed by atoms with Gasteiger partial charge in [-0.15, -0.1) is 0 Å². The number of carbonyl (C=O) groups is 3. The molecule has 0 unspecified atom stereocenters. The van der Waals surface area contributed by atoms with Crippen molar-refractivity contribution in [3.05, 3.63) is 75.6 Å². The summed E-state index contributed by atoms with van der Waals surface area (Å²) in [6.07, 6.45) is 1.01. The molecular formula is C25H19FN2O8. The second-order valence-corrected chi connectivity index (χ2v) is 7.75. The van der Waals surface area contributed by atoms with Crippen LogP contribution in [-0.2, 0) is 0 Å². The number of benzene rings is 3. The maximum absolute atomic E-state index is 13.4. The van der Waals surface area contributed by atoms with E-state index in [0.29, 0.717) is 5.56 Å². The number of ether oxygens (including phenoxy) is 3. The van der Waals surface area contributed by atoms with Crippen molar-refractivity contribution >= 4 is 24.1 Å². The molecule has 0 fully saturated rings. The van der Waals surface area contributed by atoms with Gasteiger partial charge in [0.1, 0.15) is 28.4 Å². The molecule has 1 aliphatic rings. The van der Waals surface area contributed by atoms with Crippen molar-refractivity contribution in [2.45, 2.75) is 13.8 Å². The molecule has 10 nitrogen and oxygen atoms in total. The highest BCUT2D eigenvalue weighted by molar-refractivity contribution is 6.04. The molecule has 0 bridgehead atoms. The number of halogens is 1. The average Bonchev–Trinajstić information content (AvgIpc) is 2.98. The van der Waals surface area contributed by atoms with Gasteiger partial charge in [-0.2, -0.15) is 5.10 Å². The Hall–Kier alpha value is -4.93. The monoisotopic (exact) mass is 494 g/mol. The molecule has 0 saturated heterocycles. The van der Waals surface area contributed by atoms with Crippen LogP contribution in [0.15, 0.2) is 41.5 Å². The highest BCUT2D eigenvalue weighted by Crippen LogP contribution is 2.48. The molecule has 0 aliphatic carbocycles. The van der Waals surface area contributed by atoms with Gasteiger partial charge in [0.2, 0.25) is 0 Å². The normalized spacial score (nSPS) is 12.2. The van der Waals surface area contributed by atoms with Gasteiger partial charge >= 0.3 is 11.9 Å². The molecule has 0 radical (unpaired) electrons. The standard InChI is InChI=1S/C25H19FN2O8/c1-11-7-17(29)16(10-27-28-23(30)13-5-4-6-14(26)8-13)21-19(11)25(33)36-20-12(2)18(34-3)9-15(24(31)32)22(20)35-21/h4-10,29H,1-3H3,(H,28,30)(H,31,32). The maximum atomic E-state index is 13.4. The van der Waals surface area contributed by atoms with Crippen LogP contribution in [0, 0.1) is 19.7 Å². The highest BCUT2D eigenvalue weighted by atomic mass is 19.1. The summed E-state index contributed by atoms with van der Waals surface area (Å²) >= 11 is 0. The number of aromatic hydroxyl groups is 1. The Kier molecular flexibility index (Phi) is 6.30. The molecule has 3 N–H and O–H groups in total. The number of rotatable bonds is 5. The number of amides is 1. The second kappa shape index (κ2) is 9.37. The zero-order chi connectivity index (χ0) is 26.1. The van der Waals surface area contributed by atoms with Gasteiger partial charge < -0.3 is 24.4 Å². The minimum Gasteiger partial charge on any atom is -0.507 e.